The van der Waals surface area contributed by atoms with Gasteiger partial charge in [0.1, 0.15) is 0 Å². The van der Waals surface area contributed by atoms with Crippen LogP contribution in [0.25, 0.3) is 0 Å². The quantitative estimate of drug-likeness (QED) is 0.475. The van der Waals surface area contributed by atoms with E-state index in [1.807, 2.05) is 55.1 Å². The van der Waals surface area contributed by atoms with Gasteiger partial charge in [-0.25, -0.2) is 0 Å². The molecule has 5 nitrogen and oxygen atoms in total. The minimum Gasteiger partial charge on any atom is -0.365 e. The molecule has 1 heterocycles. The SMILES string of the molecule is CC(C)C(=O)N1CCN(c2c(Cl)cccc2NC(=O)c2cc(I)ccc2I)CC1. The Morgan fingerprint density at radius 1 is 1.07 bits per heavy atom. The van der Waals surface area contributed by atoms with E-state index in [0.717, 1.165) is 12.8 Å². The molecule has 0 radical (unpaired) electrons. The maximum atomic E-state index is 12.9. The summed E-state index contributed by atoms with van der Waals surface area (Å²) in [7, 11) is 0. The first-order valence-corrected chi connectivity index (χ1v) is 11.9. The molecule has 1 aliphatic rings. The van der Waals surface area contributed by atoms with E-state index in [1.165, 1.54) is 0 Å². The molecule has 0 aromatic heterocycles. The number of halogens is 3. The second-order valence-corrected chi connectivity index (χ2v) is 10.00. The molecule has 1 N–H and O–H groups in total. The molecular weight excluding hydrogens is 616 g/mol. The number of nitrogens with zero attached hydrogens (tertiary/aromatic N) is 2. The number of hydrogen-bond donors (Lipinski definition) is 1. The van der Waals surface area contributed by atoms with Crippen molar-refractivity contribution < 1.29 is 9.59 Å². The third-order valence-electron chi connectivity index (χ3n) is 4.81. The average molecular weight is 638 g/mol. The summed E-state index contributed by atoms with van der Waals surface area (Å²) in [5.74, 6) is 0.00324. The van der Waals surface area contributed by atoms with Gasteiger partial charge < -0.3 is 15.1 Å². The number of rotatable bonds is 4. The van der Waals surface area contributed by atoms with E-state index >= 15 is 0 Å². The molecule has 2 amide bonds. The summed E-state index contributed by atoms with van der Waals surface area (Å²) in [6, 6.07) is 11.3. The van der Waals surface area contributed by atoms with Crippen molar-refractivity contribution in [1.82, 2.24) is 4.90 Å². The van der Waals surface area contributed by atoms with E-state index in [9.17, 15) is 9.59 Å². The van der Waals surface area contributed by atoms with Crippen molar-refractivity contribution in [3.63, 3.8) is 0 Å². The smallest absolute Gasteiger partial charge is 0.256 e. The van der Waals surface area contributed by atoms with E-state index in [-0.39, 0.29) is 17.7 Å². The first kappa shape index (κ1) is 22.6. The maximum Gasteiger partial charge on any atom is 0.256 e. The molecule has 0 aliphatic carbocycles. The number of piperazine rings is 1. The number of amides is 2. The monoisotopic (exact) mass is 637 g/mol. The third-order valence-corrected chi connectivity index (χ3v) is 6.73. The molecule has 0 atom stereocenters. The van der Waals surface area contributed by atoms with Crippen LogP contribution in [0, 0.1) is 13.1 Å². The fourth-order valence-electron chi connectivity index (χ4n) is 3.31. The van der Waals surface area contributed by atoms with Crippen molar-refractivity contribution in [3.8, 4) is 0 Å². The van der Waals surface area contributed by atoms with Gasteiger partial charge in [0.05, 0.1) is 22.0 Å². The van der Waals surface area contributed by atoms with Gasteiger partial charge in [-0.2, -0.15) is 0 Å². The molecule has 0 bridgehead atoms. The van der Waals surface area contributed by atoms with Crippen LogP contribution in [-0.2, 0) is 4.79 Å². The molecule has 8 heteroatoms. The summed E-state index contributed by atoms with van der Waals surface area (Å²) in [6.45, 7) is 6.47. The highest BCUT2D eigenvalue weighted by molar-refractivity contribution is 14.1. The lowest BCUT2D eigenvalue weighted by atomic mass is 10.1. The molecule has 154 valence electrons. The number of benzene rings is 2. The third kappa shape index (κ3) is 5.35. The van der Waals surface area contributed by atoms with Crippen LogP contribution in [0.2, 0.25) is 5.02 Å². The lowest BCUT2D eigenvalue weighted by molar-refractivity contribution is -0.134. The number of para-hydroxylation sites is 1. The van der Waals surface area contributed by atoms with E-state index in [2.05, 4.69) is 55.4 Å². The van der Waals surface area contributed by atoms with Crippen molar-refractivity contribution in [2.75, 3.05) is 36.4 Å². The van der Waals surface area contributed by atoms with Gasteiger partial charge in [-0.05, 0) is 75.5 Å². The topological polar surface area (TPSA) is 52.7 Å². The second-order valence-electron chi connectivity index (χ2n) is 7.18. The first-order valence-electron chi connectivity index (χ1n) is 9.36. The molecule has 0 spiro atoms. The minimum absolute atomic E-state index is 0.00662. The van der Waals surface area contributed by atoms with Crippen LogP contribution >= 0.6 is 56.8 Å². The highest BCUT2D eigenvalue weighted by Crippen LogP contribution is 2.35. The van der Waals surface area contributed by atoms with Crippen LogP contribution in [0.4, 0.5) is 11.4 Å². The number of anilines is 2. The molecular formula is C21H22ClI2N3O2. The summed E-state index contributed by atoms with van der Waals surface area (Å²) in [4.78, 5) is 29.2. The van der Waals surface area contributed by atoms with Gasteiger partial charge in [0.25, 0.3) is 5.91 Å². The van der Waals surface area contributed by atoms with Crippen molar-refractivity contribution >= 4 is 80.0 Å². The van der Waals surface area contributed by atoms with Crippen LogP contribution in [0.1, 0.15) is 24.2 Å². The zero-order valence-corrected chi connectivity index (χ0v) is 21.3. The van der Waals surface area contributed by atoms with Crippen molar-refractivity contribution in [1.29, 1.82) is 0 Å². The molecule has 1 aliphatic heterocycles. The zero-order valence-electron chi connectivity index (χ0n) is 16.2. The van der Waals surface area contributed by atoms with Crippen molar-refractivity contribution in [2.45, 2.75) is 13.8 Å². The van der Waals surface area contributed by atoms with E-state index in [0.29, 0.717) is 42.5 Å². The Morgan fingerprint density at radius 3 is 2.41 bits per heavy atom. The molecule has 3 rings (SSSR count). The second kappa shape index (κ2) is 9.82. The van der Waals surface area contributed by atoms with Gasteiger partial charge in [0.15, 0.2) is 0 Å². The Morgan fingerprint density at radius 2 is 1.76 bits per heavy atom. The summed E-state index contributed by atoms with van der Waals surface area (Å²) >= 11 is 10.9. The molecule has 0 saturated carbocycles. The average Bonchev–Trinajstić information content (AvgIpc) is 2.69. The molecule has 2 aromatic carbocycles. The van der Waals surface area contributed by atoms with Crippen LogP contribution in [0.15, 0.2) is 36.4 Å². The van der Waals surface area contributed by atoms with E-state index < -0.39 is 0 Å². The maximum absolute atomic E-state index is 12.9. The number of carbonyl (C=O) groups is 2. The largest absolute Gasteiger partial charge is 0.365 e. The number of carbonyl (C=O) groups excluding carboxylic acids is 2. The Bertz CT molecular complexity index is 928. The van der Waals surface area contributed by atoms with Crippen LogP contribution in [0.5, 0.6) is 0 Å². The van der Waals surface area contributed by atoms with Gasteiger partial charge >= 0.3 is 0 Å². The summed E-state index contributed by atoms with van der Waals surface area (Å²) < 4.78 is 1.90. The summed E-state index contributed by atoms with van der Waals surface area (Å²) in [6.07, 6.45) is 0. The van der Waals surface area contributed by atoms with E-state index in [4.69, 9.17) is 11.6 Å². The number of hydrogen-bond acceptors (Lipinski definition) is 3. The normalized spacial score (nSPS) is 14.3. The van der Waals surface area contributed by atoms with Gasteiger partial charge in [-0.1, -0.05) is 31.5 Å². The predicted octanol–water partition coefficient (Wildman–Crippen LogP) is 5.11. The highest BCUT2D eigenvalue weighted by atomic mass is 127. The van der Waals surface area contributed by atoms with Gasteiger partial charge in [0, 0.05) is 39.2 Å². The van der Waals surface area contributed by atoms with Gasteiger partial charge in [-0.15, -0.1) is 0 Å². The van der Waals surface area contributed by atoms with Crippen LogP contribution < -0.4 is 10.2 Å². The lowest BCUT2D eigenvalue weighted by Gasteiger charge is -2.38. The Hall–Kier alpha value is -1.07. The fraction of sp³-hybridized carbons (Fsp3) is 0.333. The summed E-state index contributed by atoms with van der Waals surface area (Å²) in [5.41, 5.74) is 2.12. The Balaban J connectivity index is 1.81. The first-order chi connectivity index (χ1) is 13.8. The van der Waals surface area contributed by atoms with Crippen molar-refractivity contribution in [2.24, 2.45) is 5.92 Å². The molecule has 1 fully saturated rings. The molecule has 0 unspecified atom stereocenters. The molecule has 1 saturated heterocycles. The Labute approximate surface area is 203 Å². The van der Waals surface area contributed by atoms with Crippen molar-refractivity contribution in [3.05, 3.63) is 54.1 Å². The van der Waals surface area contributed by atoms with Crippen LogP contribution in [0.3, 0.4) is 0 Å². The predicted molar refractivity (Wildman–Crippen MR) is 135 cm³/mol. The highest BCUT2D eigenvalue weighted by Gasteiger charge is 2.26. The molecule has 2 aromatic rings. The number of nitrogens with one attached hydrogen (secondary N) is 1. The van der Waals surface area contributed by atoms with Gasteiger partial charge in [-0.3, -0.25) is 9.59 Å². The van der Waals surface area contributed by atoms with Crippen LogP contribution in [-0.4, -0.2) is 42.9 Å². The van der Waals surface area contributed by atoms with Gasteiger partial charge in [0.2, 0.25) is 5.91 Å². The zero-order chi connectivity index (χ0) is 21.1. The Kier molecular flexibility index (Phi) is 7.66. The standard InChI is InChI=1S/C21H22ClI2N3O2/c1-13(2)21(29)27-10-8-26(9-11-27)19-16(22)4-3-5-18(19)25-20(28)15-12-14(23)6-7-17(15)24/h3-7,12-13H,8-11H2,1-2H3,(H,25,28). The lowest BCUT2D eigenvalue weighted by Crippen LogP contribution is -2.50. The fourth-order valence-corrected chi connectivity index (χ4v) is 4.68. The minimum atomic E-state index is -0.162. The summed E-state index contributed by atoms with van der Waals surface area (Å²) in [5, 5.41) is 3.62. The molecule has 29 heavy (non-hydrogen) atoms. The van der Waals surface area contributed by atoms with E-state index in [1.54, 1.807) is 0 Å².